The SMILES string of the molecule is C=C(C(=O)OC)c1c(CCOC2CCCCO2)c2ccc(OS(C)(=O)=O)cc2n1C(=O)OC(C)(C)C. The van der Waals surface area contributed by atoms with Gasteiger partial charge in [0.25, 0.3) is 0 Å². The van der Waals surface area contributed by atoms with E-state index in [0.717, 1.165) is 25.5 Å². The van der Waals surface area contributed by atoms with Crippen LogP contribution >= 0.6 is 0 Å². The Balaban J connectivity index is 2.16. The van der Waals surface area contributed by atoms with Crippen LogP contribution in [0.5, 0.6) is 5.75 Å². The Hall–Kier alpha value is -2.89. The Morgan fingerprint density at radius 1 is 1.22 bits per heavy atom. The van der Waals surface area contributed by atoms with E-state index in [2.05, 4.69) is 6.58 Å². The van der Waals surface area contributed by atoms with Crippen molar-refractivity contribution in [3.05, 3.63) is 36.0 Å². The second-order valence-corrected chi connectivity index (χ2v) is 11.1. The smallest absolute Gasteiger partial charge is 0.419 e. The number of methoxy groups -OCH3 is 1. The van der Waals surface area contributed by atoms with Crippen molar-refractivity contribution < 1.29 is 41.1 Å². The maximum Gasteiger partial charge on any atom is 0.419 e. The van der Waals surface area contributed by atoms with E-state index >= 15 is 0 Å². The average molecular weight is 524 g/mol. The molecule has 1 unspecified atom stereocenters. The highest BCUT2D eigenvalue weighted by Crippen LogP contribution is 2.35. The van der Waals surface area contributed by atoms with E-state index in [9.17, 15) is 18.0 Å². The minimum atomic E-state index is -3.82. The first-order chi connectivity index (χ1) is 16.8. The number of ether oxygens (including phenoxy) is 4. The van der Waals surface area contributed by atoms with Crippen molar-refractivity contribution in [2.45, 2.75) is 58.3 Å². The fraction of sp³-hybridized carbons (Fsp3) is 0.520. The Bertz CT molecular complexity index is 1250. The number of hydrogen-bond donors (Lipinski definition) is 0. The van der Waals surface area contributed by atoms with Crippen LogP contribution in [0.1, 0.15) is 51.3 Å². The van der Waals surface area contributed by atoms with Crippen LogP contribution in [0.15, 0.2) is 24.8 Å². The quantitative estimate of drug-likeness (QED) is 0.287. The summed E-state index contributed by atoms with van der Waals surface area (Å²) >= 11 is 0. The van der Waals surface area contributed by atoms with Gasteiger partial charge in [-0.15, -0.1) is 0 Å². The first-order valence-corrected chi connectivity index (χ1v) is 13.4. The molecule has 3 rings (SSSR count). The maximum absolute atomic E-state index is 13.4. The largest absolute Gasteiger partial charge is 0.465 e. The lowest BCUT2D eigenvalue weighted by atomic mass is 10.0. The van der Waals surface area contributed by atoms with Crippen molar-refractivity contribution in [1.82, 2.24) is 4.57 Å². The van der Waals surface area contributed by atoms with Crippen molar-refractivity contribution >= 4 is 38.7 Å². The Morgan fingerprint density at radius 3 is 2.53 bits per heavy atom. The molecule has 0 bridgehead atoms. The highest BCUT2D eigenvalue weighted by atomic mass is 32.2. The number of hydrogen-bond acceptors (Lipinski definition) is 9. The molecule has 0 amide bonds. The molecular formula is C25H33NO9S. The molecule has 2 aromatic rings. The Labute approximate surface area is 211 Å². The lowest BCUT2D eigenvalue weighted by molar-refractivity contribution is -0.161. The molecule has 1 aliphatic heterocycles. The molecule has 11 heteroatoms. The molecule has 1 aromatic carbocycles. The fourth-order valence-corrected chi connectivity index (χ4v) is 4.44. The first-order valence-electron chi connectivity index (χ1n) is 11.6. The Morgan fingerprint density at radius 2 is 1.94 bits per heavy atom. The number of carbonyl (C=O) groups excluding carboxylic acids is 2. The number of rotatable bonds is 8. The van der Waals surface area contributed by atoms with Crippen LogP contribution < -0.4 is 4.18 Å². The third-order valence-corrected chi connectivity index (χ3v) is 5.87. The summed E-state index contributed by atoms with van der Waals surface area (Å²) in [7, 11) is -2.60. The second kappa shape index (κ2) is 11.0. The summed E-state index contributed by atoms with van der Waals surface area (Å²) in [5, 5.41) is 0.579. The van der Waals surface area contributed by atoms with Crippen LogP contribution in [0.3, 0.4) is 0 Å². The molecule has 1 atom stereocenters. The Kier molecular flexibility index (Phi) is 8.48. The summed E-state index contributed by atoms with van der Waals surface area (Å²) in [4.78, 5) is 25.9. The van der Waals surface area contributed by atoms with Gasteiger partial charge in [0.15, 0.2) is 6.29 Å². The number of benzene rings is 1. The fourth-order valence-electron chi connectivity index (χ4n) is 3.98. The van der Waals surface area contributed by atoms with E-state index in [1.54, 1.807) is 26.8 Å². The standard InChI is InChI=1S/C25H33NO9S/c1-16(23(27)31-5)22-19(12-14-33-21-9-7-8-13-32-21)18-11-10-17(35-36(6,29)30)15-20(18)26(22)24(28)34-25(2,3)4/h10-11,15,21H,1,7-9,12-14H2,2-6H3. The van der Waals surface area contributed by atoms with Crippen LogP contribution in [0.25, 0.3) is 16.5 Å². The molecule has 1 aromatic heterocycles. The van der Waals surface area contributed by atoms with E-state index in [1.165, 1.54) is 23.8 Å². The average Bonchev–Trinajstić information content (AvgIpc) is 3.10. The molecular weight excluding hydrogens is 490 g/mol. The van der Waals surface area contributed by atoms with Crippen LogP contribution in [0.2, 0.25) is 0 Å². The van der Waals surface area contributed by atoms with E-state index in [4.69, 9.17) is 23.1 Å². The summed E-state index contributed by atoms with van der Waals surface area (Å²) in [5.74, 6) is -0.728. The van der Waals surface area contributed by atoms with Gasteiger partial charge in [-0.3, -0.25) is 0 Å². The highest BCUT2D eigenvalue weighted by molar-refractivity contribution is 7.86. The van der Waals surface area contributed by atoms with Crippen molar-refractivity contribution in [3.63, 3.8) is 0 Å². The van der Waals surface area contributed by atoms with Crippen molar-refractivity contribution in [2.24, 2.45) is 0 Å². The third-order valence-electron chi connectivity index (χ3n) is 5.38. The molecule has 1 aliphatic rings. The highest BCUT2D eigenvalue weighted by Gasteiger charge is 2.30. The molecule has 0 aliphatic carbocycles. The second-order valence-electron chi connectivity index (χ2n) is 9.50. The van der Waals surface area contributed by atoms with Crippen molar-refractivity contribution in [1.29, 1.82) is 0 Å². The van der Waals surface area contributed by atoms with Crippen molar-refractivity contribution in [3.8, 4) is 5.75 Å². The molecule has 0 saturated carbocycles. The van der Waals surface area contributed by atoms with Gasteiger partial charge in [-0.2, -0.15) is 8.42 Å². The van der Waals surface area contributed by atoms with E-state index in [-0.39, 0.29) is 35.4 Å². The van der Waals surface area contributed by atoms with Gasteiger partial charge in [0.1, 0.15) is 11.4 Å². The predicted octanol–water partition coefficient (Wildman–Crippen LogP) is 4.03. The lowest BCUT2D eigenvalue weighted by Crippen LogP contribution is -2.28. The lowest BCUT2D eigenvalue weighted by Gasteiger charge is -2.23. The number of fused-ring (bicyclic) bond motifs is 1. The zero-order valence-corrected chi connectivity index (χ0v) is 22.1. The minimum absolute atomic E-state index is 0.000875. The zero-order chi connectivity index (χ0) is 26.7. The molecule has 0 N–H and O–H groups in total. The van der Waals surface area contributed by atoms with Crippen LogP contribution in [0.4, 0.5) is 4.79 Å². The molecule has 36 heavy (non-hydrogen) atoms. The number of carbonyl (C=O) groups is 2. The molecule has 0 spiro atoms. The van der Waals surface area contributed by atoms with Crippen LogP contribution in [-0.4, -0.2) is 63.5 Å². The number of nitrogens with zero attached hydrogens (tertiary/aromatic N) is 1. The number of aromatic nitrogens is 1. The molecule has 0 radical (unpaired) electrons. The monoisotopic (exact) mass is 523 g/mol. The van der Waals surface area contributed by atoms with Gasteiger partial charge in [0.05, 0.1) is 36.8 Å². The van der Waals surface area contributed by atoms with Gasteiger partial charge in [0.2, 0.25) is 0 Å². The van der Waals surface area contributed by atoms with E-state index in [0.29, 0.717) is 24.0 Å². The zero-order valence-electron chi connectivity index (χ0n) is 21.3. The summed E-state index contributed by atoms with van der Waals surface area (Å²) in [6, 6.07) is 4.50. The first kappa shape index (κ1) is 27.7. The maximum atomic E-state index is 13.4. The normalized spacial score (nSPS) is 16.5. The van der Waals surface area contributed by atoms with Gasteiger partial charge in [-0.25, -0.2) is 14.2 Å². The molecule has 198 valence electrons. The van der Waals surface area contributed by atoms with Crippen molar-refractivity contribution in [2.75, 3.05) is 26.6 Å². The van der Waals surface area contributed by atoms with Crippen LogP contribution in [-0.2, 0) is 40.3 Å². The summed E-state index contributed by atoms with van der Waals surface area (Å²) in [6.07, 6.45) is 2.93. The van der Waals surface area contributed by atoms with E-state index in [1.807, 2.05) is 0 Å². The number of esters is 1. The van der Waals surface area contributed by atoms with Gasteiger partial charge in [-0.1, -0.05) is 6.58 Å². The molecule has 2 heterocycles. The minimum Gasteiger partial charge on any atom is -0.465 e. The topological polar surface area (TPSA) is 119 Å². The van der Waals surface area contributed by atoms with Gasteiger partial charge >= 0.3 is 22.2 Å². The predicted molar refractivity (Wildman–Crippen MR) is 133 cm³/mol. The van der Waals surface area contributed by atoms with Gasteiger partial charge in [0, 0.05) is 18.1 Å². The van der Waals surface area contributed by atoms with Gasteiger partial charge < -0.3 is 23.1 Å². The summed E-state index contributed by atoms with van der Waals surface area (Å²) < 4.78 is 51.7. The van der Waals surface area contributed by atoms with E-state index < -0.39 is 27.8 Å². The summed E-state index contributed by atoms with van der Waals surface area (Å²) in [6.45, 7) is 9.89. The molecule has 1 saturated heterocycles. The summed E-state index contributed by atoms with van der Waals surface area (Å²) in [5.41, 5.74) is 0.159. The third kappa shape index (κ3) is 6.86. The van der Waals surface area contributed by atoms with Crippen LogP contribution in [0, 0.1) is 0 Å². The molecule has 1 fully saturated rings. The molecule has 10 nitrogen and oxygen atoms in total. The van der Waals surface area contributed by atoms with Gasteiger partial charge in [-0.05, 0) is 64.2 Å².